The summed E-state index contributed by atoms with van der Waals surface area (Å²) < 4.78 is 19.2. The van der Waals surface area contributed by atoms with E-state index < -0.39 is 11.8 Å². The zero-order valence-corrected chi connectivity index (χ0v) is 11.3. The van der Waals surface area contributed by atoms with Gasteiger partial charge >= 0.3 is 5.97 Å². The Bertz CT molecular complexity index is 650. The highest BCUT2D eigenvalue weighted by molar-refractivity contribution is 5.87. The first-order valence-electron chi connectivity index (χ1n) is 6.20. The normalized spacial score (nSPS) is 10.3. The predicted molar refractivity (Wildman–Crippen MR) is 73.6 cm³/mol. The van der Waals surface area contributed by atoms with E-state index in [0.29, 0.717) is 5.75 Å². The van der Waals surface area contributed by atoms with Crippen molar-refractivity contribution in [3.63, 3.8) is 0 Å². The highest BCUT2D eigenvalue weighted by Crippen LogP contribution is 2.22. The number of benzene rings is 2. The molecule has 0 unspecified atom stereocenters. The molecule has 0 bridgehead atoms. The number of carboxylic acids is 1. The van der Waals surface area contributed by atoms with E-state index in [2.05, 4.69) is 0 Å². The number of carbonyl (C=O) groups is 1. The molecule has 20 heavy (non-hydrogen) atoms. The molecule has 0 amide bonds. The fourth-order valence-corrected chi connectivity index (χ4v) is 1.85. The smallest absolute Gasteiger partial charge is 0.335 e. The highest BCUT2D eigenvalue weighted by Gasteiger charge is 2.10. The minimum absolute atomic E-state index is 0.00273. The van der Waals surface area contributed by atoms with Gasteiger partial charge in [0.15, 0.2) is 0 Å². The SMILES string of the molecule is Cc1cccc(OCc2cc(C(=O)O)ccc2F)c1C. The van der Waals surface area contributed by atoms with Crippen molar-refractivity contribution in [2.45, 2.75) is 20.5 Å². The molecule has 4 heteroatoms. The molecule has 2 aromatic rings. The van der Waals surface area contributed by atoms with Crippen LogP contribution in [0.15, 0.2) is 36.4 Å². The topological polar surface area (TPSA) is 46.5 Å². The number of rotatable bonds is 4. The standard InChI is InChI=1S/C16H15FO3/c1-10-4-3-5-15(11(10)2)20-9-13-8-12(16(18)19)6-7-14(13)17/h3-8H,9H2,1-2H3,(H,18,19). The van der Waals surface area contributed by atoms with Gasteiger partial charge in [0.05, 0.1) is 5.56 Å². The van der Waals surface area contributed by atoms with Crippen molar-refractivity contribution < 1.29 is 19.0 Å². The molecule has 0 spiro atoms. The third-order valence-corrected chi connectivity index (χ3v) is 3.23. The second kappa shape index (κ2) is 5.74. The van der Waals surface area contributed by atoms with Gasteiger partial charge in [-0.3, -0.25) is 0 Å². The fraction of sp³-hybridized carbons (Fsp3) is 0.188. The summed E-state index contributed by atoms with van der Waals surface area (Å²) in [4.78, 5) is 10.9. The highest BCUT2D eigenvalue weighted by atomic mass is 19.1. The second-order valence-electron chi connectivity index (χ2n) is 4.60. The van der Waals surface area contributed by atoms with Crippen LogP contribution in [0.3, 0.4) is 0 Å². The van der Waals surface area contributed by atoms with E-state index >= 15 is 0 Å². The Hall–Kier alpha value is -2.36. The van der Waals surface area contributed by atoms with Gasteiger partial charge in [0.1, 0.15) is 18.2 Å². The Balaban J connectivity index is 2.20. The van der Waals surface area contributed by atoms with Crippen molar-refractivity contribution in [1.82, 2.24) is 0 Å². The molecule has 0 heterocycles. The van der Waals surface area contributed by atoms with Crippen molar-refractivity contribution in [3.8, 4) is 5.75 Å². The van der Waals surface area contributed by atoms with E-state index in [1.165, 1.54) is 12.1 Å². The van der Waals surface area contributed by atoms with Gasteiger partial charge < -0.3 is 9.84 Å². The first-order valence-corrected chi connectivity index (χ1v) is 6.20. The molecule has 2 rings (SSSR count). The molecule has 0 saturated heterocycles. The van der Waals surface area contributed by atoms with Gasteiger partial charge in [0.25, 0.3) is 0 Å². The van der Waals surface area contributed by atoms with Crippen molar-refractivity contribution in [1.29, 1.82) is 0 Å². The van der Waals surface area contributed by atoms with E-state index in [4.69, 9.17) is 9.84 Å². The quantitative estimate of drug-likeness (QED) is 0.924. The molecule has 2 aromatic carbocycles. The zero-order valence-electron chi connectivity index (χ0n) is 11.3. The largest absolute Gasteiger partial charge is 0.489 e. The van der Waals surface area contributed by atoms with E-state index in [0.717, 1.165) is 17.2 Å². The molecular weight excluding hydrogens is 259 g/mol. The summed E-state index contributed by atoms with van der Waals surface area (Å²) in [5, 5.41) is 8.90. The van der Waals surface area contributed by atoms with Crippen LogP contribution in [0, 0.1) is 19.7 Å². The number of hydrogen-bond acceptors (Lipinski definition) is 2. The fourth-order valence-electron chi connectivity index (χ4n) is 1.85. The van der Waals surface area contributed by atoms with E-state index in [1.807, 2.05) is 26.0 Å². The minimum Gasteiger partial charge on any atom is -0.489 e. The summed E-state index contributed by atoms with van der Waals surface area (Å²) in [5.41, 5.74) is 2.35. The summed E-state index contributed by atoms with van der Waals surface area (Å²) >= 11 is 0. The first-order chi connectivity index (χ1) is 9.49. The van der Waals surface area contributed by atoms with Gasteiger partial charge in [-0.15, -0.1) is 0 Å². The number of aryl methyl sites for hydroxylation is 1. The van der Waals surface area contributed by atoms with Crippen LogP contribution in [-0.2, 0) is 6.61 Å². The van der Waals surface area contributed by atoms with Gasteiger partial charge in [-0.1, -0.05) is 12.1 Å². The lowest BCUT2D eigenvalue weighted by molar-refractivity contribution is 0.0696. The van der Waals surface area contributed by atoms with Gasteiger partial charge in [0.2, 0.25) is 0 Å². The maximum atomic E-state index is 13.6. The van der Waals surface area contributed by atoms with Gasteiger partial charge in [-0.2, -0.15) is 0 Å². The van der Waals surface area contributed by atoms with E-state index in [1.54, 1.807) is 6.07 Å². The van der Waals surface area contributed by atoms with Crippen molar-refractivity contribution >= 4 is 5.97 Å². The number of hydrogen-bond donors (Lipinski definition) is 1. The second-order valence-corrected chi connectivity index (χ2v) is 4.60. The summed E-state index contributed by atoms with van der Waals surface area (Å²) in [7, 11) is 0. The maximum absolute atomic E-state index is 13.6. The van der Waals surface area contributed by atoms with Crippen LogP contribution >= 0.6 is 0 Å². The number of aromatic carboxylic acids is 1. The molecule has 0 aromatic heterocycles. The molecule has 0 atom stereocenters. The van der Waals surface area contributed by atoms with Crippen LogP contribution in [0.2, 0.25) is 0 Å². The molecule has 1 N–H and O–H groups in total. The predicted octanol–water partition coefficient (Wildman–Crippen LogP) is 3.72. The molecule has 0 fully saturated rings. The Kier molecular flexibility index (Phi) is 4.03. The Morgan fingerprint density at radius 3 is 2.70 bits per heavy atom. The average Bonchev–Trinajstić information content (AvgIpc) is 2.41. The third kappa shape index (κ3) is 2.96. The average molecular weight is 274 g/mol. The third-order valence-electron chi connectivity index (χ3n) is 3.23. The summed E-state index contributed by atoms with van der Waals surface area (Å²) in [6.07, 6.45) is 0. The van der Waals surface area contributed by atoms with Gasteiger partial charge in [-0.05, 0) is 49.2 Å². The van der Waals surface area contributed by atoms with Crippen LogP contribution in [-0.4, -0.2) is 11.1 Å². The minimum atomic E-state index is -1.09. The zero-order chi connectivity index (χ0) is 14.7. The molecule has 0 saturated carbocycles. The van der Waals surface area contributed by atoms with E-state index in [-0.39, 0.29) is 17.7 Å². The van der Waals surface area contributed by atoms with E-state index in [9.17, 15) is 9.18 Å². The van der Waals surface area contributed by atoms with Crippen molar-refractivity contribution in [2.24, 2.45) is 0 Å². The Morgan fingerprint density at radius 1 is 1.25 bits per heavy atom. The van der Waals surface area contributed by atoms with Crippen molar-refractivity contribution in [3.05, 3.63) is 64.5 Å². The summed E-state index contributed by atoms with van der Waals surface area (Å²) in [5.74, 6) is -0.886. The molecule has 0 aliphatic heterocycles. The number of carboxylic acid groups (broad SMARTS) is 1. The molecule has 3 nitrogen and oxygen atoms in total. The number of halogens is 1. The van der Waals surface area contributed by atoms with Crippen LogP contribution in [0.4, 0.5) is 4.39 Å². The lowest BCUT2D eigenvalue weighted by atomic mass is 10.1. The molecule has 0 radical (unpaired) electrons. The lowest BCUT2D eigenvalue weighted by Gasteiger charge is -2.11. The van der Waals surface area contributed by atoms with Crippen molar-refractivity contribution in [2.75, 3.05) is 0 Å². The van der Waals surface area contributed by atoms with Gasteiger partial charge in [-0.25, -0.2) is 9.18 Å². The first kappa shape index (κ1) is 14.1. The molecule has 0 aliphatic rings. The summed E-state index contributed by atoms with van der Waals surface area (Å²) in [6, 6.07) is 9.31. The Morgan fingerprint density at radius 2 is 2.00 bits per heavy atom. The molecule has 104 valence electrons. The van der Waals surface area contributed by atoms with Crippen LogP contribution < -0.4 is 4.74 Å². The Labute approximate surface area is 116 Å². The van der Waals surface area contributed by atoms with Gasteiger partial charge in [0, 0.05) is 5.56 Å². The van der Waals surface area contributed by atoms with Crippen LogP contribution in [0.5, 0.6) is 5.75 Å². The van der Waals surface area contributed by atoms with Crippen LogP contribution in [0.25, 0.3) is 0 Å². The monoisotopic (exact) mass is 274 g/mol. The number of ether oxygens (including phenoxy) is 1. The maximum Gasteiger partial charge on any atom is 0.335 e. The summed E-state index contributed by atoms with van der Waals surface area (Å²) in [6.45, 7) is 3.89. The molecular formula is C16H15FO3. The van der Waals surface area contributed by atoms with Crippen LogP contribution in [0.1, 0.15) is 27.0 Å². The molecule has 0 aliphatic carbocycles. The lowest BCUT2D eigenvalue weighted by Crippen LogP contribution is -2.04.